The van der Waals surface area contributed by atoms with Crippen LogP contribution in [0.2, 0.25) is 0 Å². The lowest BCUT2D eigenvalue weighted by Gasteiger charge is -2.02. The van der Waals surface area contributed by atoms with Crippen LogP contribution in [0.3, 0.4) is 0 Å². The molecule has 0 radical (unpaired) electrons. The summed E-state index contributed by atoms with van der Waals surface area (Å²) >= 11 is 0. The third-order valence-corrected chi connectivity index (χ3v) is 3.29. The Bertz CT molecular complexity index is 587. The van der Waals surface area contributed by atoms with Gasteiger partial charge in [-0.1, -0.05) is 0 Å². The number of halogens is 2. The molecule has 1 aromatic carbocycles. The monoisotopic (exact) mass is 234 g/mol. The lowest BCUT2D eigenvalue weighted by atomic mass is 10.1. The average Bonchev–Trinajstić information content (AvgIpc) is 2.86. The summed E-state index contributed by atoms with van der Waals surface area (Å²) in [5, 5.41) is 4.37. The summed E-state index contributed by atoms with van der Waals surface area (Å²) in [5.74, 6) is -0.861. The van der Waals surface area contributed by atoms with Crippen LogP contribution < -0.4 is 0 Å². The van der Waals surface area contributed by atoms with Crippen molar-refractivity contribution in [2.75, 3.05) is 0 Å². The number of aryl methyl sites for hydroxylation is 1. The number of hydrogen-bond donors (Lipinski definition) is 0. The number of aromatic nitrogens is 2. The van der Waals surface area contributed by atoms with Crippen molar-refractivity contribution >= 4 is 0 Å². The van der Waals surface area contributed by atoms with Crippen molar-refractivity contribution in [1.82, 2.24) is 9.78 Å². The van der Waals surface area contributed by atoms with Gasteiger partial charge in [0.25, 0.3) is 0 Å². The SMILES string of the molecule is Cc1c(-c2cc(F)ccc2F)nn2c1CCC2. The molecule has 88 valence electrons. The van der Waals surface area contributed by atoms with E-state index in [0.29, 0.717) is 5.69 Å². The van der Waals surface area contributed by atoms with Crippen molar-refractivity contribution in [3.05, 3.63) is 41.1 Å². The van der Waals surface area contributed by atoms with Crippen molar-refractivity contribution < 1.29 is 8.78 Å². The normalized spacial score (nSPS) is 14.1. The zero-order valence-electron chi connectivity index (χ0n) is 9.50. The van der Waals surface area contributed by atoms with E-state index < -0.39 is 11.6 Å². The molecule has 1 aromatic heterocycles. The molecule has 1 aliphatic rings. The summed E-state index contributed by atoms with van der Waals surface area (Å²) in [6.07, 6.45) is 2.05. The van der Waals surface area contributed by atoms with Gasteiger partial charge in [0.2, 0.25) is 0 Å². The molecule has 3 rings (SSSR count). The Labute approximate surface area is 97.9 Å². The minimum absolute atomic E-state index is 0.254. The molecule has 17 heavy (non-hydrogen) atoms. The maximum atomic E-state index is 13.7. The van der Waals surface area contributed by atoms with Crippen molar-refractivity contribution in [1.29, 1.82) is 0 Å². The first kappa shape index (κ1) is 10.4. The summed E-state index contributed by atoms with van der Waals surface area (Å²) in [4.78, 5) is 0. The zero-order valence-corrected chi connectivity index (χ0v) is 9.50. The topological polar surface area (TPSA) is 17.8 Å². The van der Waals surface area contributed by atoms with Gasteiger partial charge in [0.05, 0.1) is 5.69 Å². The molecule has 4 heteroatoms. The largest absolute Gasteiger partial charge is 0.269 e. The highest BCUT2D eigenvalue weighted by Gasteiger charge is 2.21. The predicted molar refractivity (Wildman–Crippen MR) is 60.6 cm³/mol. The van der Waals surface area contributed by atoms with E-state index in [1.807, 2.05) is 11.6 Å². The van der Waals surface area contributed by atoms with Crippen LogP contribution in [-0.4, -0.2) is 9.78 Å². The van der Waals surface area contributed by atoms with Crippen LogP contribution in [0.1, 0.15) is 17.7 Å². The van der Waals surface area contributed by atoms with Gasteiger partial charge >= 0.3 is 0 Å². The number of hydrogen-bond acceptors (Lipinski definition) is 1. The molecule has 0 bridgehead atoms. The molecular weight excluding hydrogens is 222 g/mol. The smallest absolute Gasteiger partial charge is 0.132 e. The Balaban J connectivity index is 2.19. The first-order valence-corrected chi connectivity index (χ1v) is 5.68. The van der Waals surface area contributed by atoms with Crippen LogP contribution in [0.5, 0.6) is 0 Å². The lowest BCUT2D eigenvalue weighted by molar-refractivity contribution is 0.601. The summed E-state index contributed by atoms with van der Waals surface area (Å²) in [6, 6.07) is 3.48. The molecule has 2 heterocycles. The van der Waals surface area contributed by atoms with Gasteiger partial charge in [0.15, 0.2) is 0 Å². The number of fused-ring (bicyclic) bond motifs is 1. The van der Waals surface area contributed by atoms with Gasteiger partial charge in [0, 0.05) is 17.8 Å². The third-order valence-electron chi connectivity index (χ3n) is 3.29. The minimum atomic E-state index is -0.436. The first-order valence-electron chi connectivity index (χ1n) is 5.68. The van der Waals surface area contributed by atoms with Crippen LogP contribution in [0.4, 0.5) is 8.78 Å². The van der Waals surface area contributed by atoms with Gasteiger partial charge in [-0.05, 0) is 43.5 Å². The van der Waals surface area contributed by atoms with E-state index in [2.05, 4.69) is 5.10 Å². The van der Waals surface area contributed by atoms with Gasteiger partial charge in [-0.3, -0.25) is 4.68 Å². The van der Waals surface area contributed by atoms with Crippen LogP contribution in [0, 0.1) is 18.6 Å². The Morgan fingerprint density at radius 3 is 2.88 bits per heavy atom. The highest BCUT2D eigenvalue weighted by molar-refractivity contribution is 5.64. The summed E-state index contributed by atoms with van der Waals surface area (Å²) in [6.45, 7) is 2.79. The van der Waals surface area contributed by atoms with Crippen LogP contribution in [-0.2, 0) is 13.0 Å². The van der Waals surface area contributed by atoms with Crippen molar-refractivity contribution in [2.24, 2.45) is 0 Å². The highest BCUT2D eigenvalue weighted by atomic mass is 19.1. The molecule has 1 aliphatic heterocycles. The Morgan fingerprint density at radius 1 is 1.29 bits per heavy atom. The van der Waals surface area contributed by atoms with Gasteiger partial charge in [-0.15, -0.1) is 0 Å². The highest BCUT2D eigenvalue weighted by Crippen LogP contribution is 2.30. The van der Waals surface area contributed by atoms with E-state index in [1.54, 1.807) is 0 Å². The first-order chi connectivity index (χ1) is 8.16. The molecule has 2 nitrogen and oxygen atoms in total. The second kappa shape index (κ2) is 3.65. The Kier molecular flexibility index (Phi) is 2.24. The van der Waals surface area contributed by atoms with Gasteiger partial charge < -0.3 is 0 Å². The van der Waals surface area contributed by atoms with Crippen molar-refractivity contribution in [3.63, 3.8) is 0 Å². The minimum Gasteiger partial charge on any atom is -0.269 e. The fourth-order valence-electron chi connectivity index (χ4n) is 2.42. The molecule has 0 aliphatic carbocycles. The fourth-order valence-corrected chi connectivity index (χ4v) is 2.42. The summed E-state index contributed by atoms with van der Waals surface area (Å²) < 4.78 is 28.7. The molecular formula is C13H12F2N2. The Morgan fingerprint density at radius 2 is 2.12 bits per heavy atom. The van der Waals surface area contributed by atoms with Crippen LogP contribution >= 0.6 is 0 Å². The van der Waals surface area contributed by atoms with Crippen molar-refractivity contribution in [3.8, 4) is 11.3 Å². The molecule has 0 unspecified atom stereocenters. The van der Waals surface area contributed by atoms with Gasteiger partial charge in [-0.25, -0.2) is 8.78 Å². The van der Waals surface area contributed by atoms with E-state index in [4.69, 9.17) is 0 Å². The van der Waals surface area contributed by atoms with E-state index in [0.717, 1.165) is 42.8 Å². The molecule has 0 amide bonds. The predicted octanol–water partition coefficient (Wildman–Crippen LogP) is 3.08. The quantitative estimate of drug-likeness (QED) is 0.741. The fraction of sp³-hybridized carbons (Fsp3) is 0.308. The standard InChI is InChI=1S/C13H12F2N2/c1-8-12-3-2-6-17(12)16-13(8)10-7-9(14)4-5-11(10)15/h4-5,7H,2-3,6H2,1H3. The molecule has 0 saturated heterocycles. The lowest BCUT2D eigenvalue weighted by Crippen LogP contribution is -1.95. The second-order valence-corrected chi connectivity index (χ2v) is 4.37. The van der Waals surface area contributed by atoms with Crippen molar-refractivity contribution in [2.45, 2.75) is 26.3 Å². The zero-order chi connectivity index (χ0) is 12.0. The molecule has 0 atom stereocenters. The Hall–Kier alpha value is -1.71. The van der Waals surface area contributed by atoms with Gasteiger partial charge in [-0.2, -0.15) is 5.10 Å². The molecule has 0 spiro atoms. The summed E-state index contributed by atoms with van der Waals surface area (Å²) in [5.41, 5.74) is 2.93. The molecule has 2 aromatic rings. The van der Waals surface area contributed by atoms with Crippen LogP contribution in [0.15, 0.2) is 18.2 Å². The van der Waals surface area contributed by atoms with Crippen LogP contribution in [0.25, 0.3) is 11.3 Å². The number of rotatable bonds is 1. The van der Waals surface area contributed by atoms with E-state index in [9.17, 15) is 8.78 Å². The molecule has 0 N–H and O–H groups in total. The maximum absolute atomic E-state index is 13.7. The summed E-state index contributed by atoms with van der Waals surface area (Å²) in [7, 11) is 0. The van der Waals surface area contributed by atoms with E-state index in [1.165, 1.54) is 6.07 Å². The number of benzene rings is 1. The van der Waals surface area contributed by atoms with E-state index >= 15 is 0 Å². The van der Waals surface area contributed by atoms with E-state index in [-0.39, 0.29) is 5.56 Å². The van der Waals surface area contributed by atoms with Gasteiger partial charge in [0.1, 0.15) is 11.6 Å². The maximum Gasteiger partial charge on any atom is 0.132 e. The average molecular weight is 234 g/mol. The second-order valence-electron chi connectivity index (χ2n) is 4.37. The third kappa shape index (κ3) is 1.55. The molecule has 0 fully saturated rings. The molecule has 0 saturated carbocycles. The number of nitrogens with zero attached hydrogens (tertiary/aromatic N) is 2.